The van der Waals surface area contributed by atoms with Crippen LogP contribution < -0.4 is 0 Å². The number of nitrogens with zero attached hydrogens (tertiary/aromatic N) is 1. The summed E-state index contributed by atoms with van der Waals surface area (Å²) < 4.78 is 4.80. The molecule has 0 aromatic carbocycles. The lowest BCUT2D eigenvalue weighted by Crippen LogP contribution is -2.50. The fraction of sp³-hybridized carbons (Fsp3) is 0.778. The Balaban J connectivity index is 2.77. The summed E-state index contributed by atoms with van der Waals surface area (Å²) in [6.45, 7) is 3.98. The Bertz CT molecular complexity index is 253. The lowest BCUT2D eigenvalue weighted by Gasteiger charge is -2.29. The van der Waals surface area contributed by atoms with Crippen molar-refractivity contribution < 1.29 is 19.4 Å². The van der Waals surface area contributed by atoms with E-state index in [1.54, 1.807) is 13.8 Å². The maximum Gasteiger partial charge on any atom is 0.410 e. The number of hydrogen-bond acceptors (Lipinski definition) is 3. The number of carbonyl (C=O) groups is 2. The molecule has 0 radical (unpaired) electrons. The first kappa shape index (κ1) is 10.8. The molecule has 5 heteroatoms. The van der Waals surface area contributed by atoms with Crippen molar-refractivity contribution in [3.05, 3.63) is 0 Å². The van der Waals surface area contributed by atoms with Gasteiger partial charge < -0.3 is 9.84 Å². The molecule has 1 atom stereocenters. The molecular formula is C9H15NO4. The third-order valence-electron chi connectivity index (χ3n) is 2.59. The molecule has 1 rings (SSSR count). The molecule has 1 unspecified atom stereocenters. The molecule has 1 amide bonds. The standard InChI is InChI=1S/C9H15NO4/c1-3-14-8(13)10-6-4-5-9(10,2)7(11)12/h3-6H2,1-2H3,(H,11,12). The smallest absolute Gasteiger partial charge is 0.410 e. The van der Waals surface area contributed by atoms with E-state index in [-0.39, 0.29) is 6.61 Å². The van der Waals surface area contributed by atoms with Crippen LogP contribution in [0.2, 0.25) is 0 Å². The van der Waals surface area contributed by atoms with Gasteiger partial charge in [0.05, 0.1) is 6.61 Å². The van der Waals surface area contributed by atoms with Crippen LogP contribution in [0.5, 0.6) is 0 Å². The molecule has 1 fully saturated rings. The van der Waals surface area contributed by atoms with Gasteiger partial charge in [0.15, 0.2) is 0 Å². The molecule has 0 saturated carbocycles. The van der Waals surface area contributed by atoms with E-state index in [1.165, 1.54) is 4.90 Å². The fourth-order valence-electron chi connectivity index (χ4n) is 1.68. The van der Waals surface area contributed by atoms with Crippen LogP contribution in [-0.2, 0) is 9.53 Å². The van der Waals surface area contributed by atoms with Crippen molar-refractivity contribution in [1.29, 1.82) is 0 Å². The van der Waals surface area contributed by atoms with Gasteiger partial charge in [0.2, 0.25) is 0 Å². The lowest BCUT2D eigenvalue weighted by molar-refractivity contribution is -0.147. The predicted molar refractivity (Wildman–Crippen MR) is 49.0 cm³/mol. The van der Waals surface area contributed by atoms with Gasteiger partial charge in [-0.15, -0.1) is 0 Å². The second kappa shape index (κ2) is 3.86. The zero-order chi connectivity index (χ0) is 10.8. The number of carboxylic acids is 1. The van der Waals surface area contributed by atoms with Crippen LogP contribution in [-0.4, -0.2) is 40.8 Å². The summed E-state index contributed by atoms with van der Waals surface area (Å²) in [5.74, 6) is -0.969. The predicted octanol–water partition coefficient (Wildman–Crippen LogP) is 1.08. The summed E-state index contributed by atoms with van der Waals surface area (Å²) in [5.41, 5.74) is -1.09. The van der Waals surface area contributed by atoms with Gasteiger partial charge in [-0.25, -0.2) is 9.59 Å². The van der Waals surface area contributed by atoms with Crippen LogP contribution in [0.3, 0.4) is 0 Å². The van der Waals surface area contributed by atoms with E-state index in [2.05, 4.69) is 0 Å². The van der Waals surface area contributed by atoms with Gasteiger partial charge in [-0.05, 0) is 26.7 Å². The number of aliphatic carboxylic acids is 1. The molecule has 80 valence electrons. The number of likely N-dealkylation sites (tertiary alicyclic amines) is 1. The summed E-state index contributed by atoms with van der Waals surface area (Å²) in [7, 11) is 0. The van der Waals surface area contributed by atoms with E-state index < -0.39 is 17.6 Å². The summed E-state index contributed by atoms with van der Waals surface area (Å²) in [4.78, 5) is 23.7. The van der Waals surface area contributed by atoms with Crippen molar-refractivity contribution in [2.24, 2.45) is 0 Å². The molecule has 1 saturated heterocycles. The van der Waals surface area contributed by atoms with Crippen molar-refractivity contribution in [3.8, 4) is 0 Å². The van der Waals surface area contributed by atoms with Crippen LogP contribution in [0.4, 0.5) is 4.79 Å². The fourth-order valence-corrected chi connectivity index (χ4v) is 1.68. The molecule has 0 aromatic rings. The van der Waals surface area contributed by atoms with E-state index >= 15 is 0 Å². The minimum absolute atomic E-state index is 0.269. The Hall–Kier alpha value is -1.26. The maximum atomic E-state index is 11.4. The number of hydrogen-bond donors (Lipinski definition) is 1. The van der Waals surface area contributed by atoms with E-state index in [9.17, 15) is 9.59 Å². The summed E-state index contributed by atoms with van der Waals surface area (Å²) in [6.07, 6.45) is 0.665. The van der Waals surface area contributed by atoms with Gasteiger partial charge in [0, 0.05) is 6.54 Å². The Kier molecular flexibility index (Phi) is 2.98. The molecule has 1 aliphatic rings. The zero-order valence-corrected chi connectivity index (χ0v) is 8.45. The van der Waals surface area contributed by atoms with Crippen molar-refractivity contribution in [3.63, 3.8) is 0 Å². The summed E-state index contributed by atoms with van der Waals surface area (Å²) >= 11 is 0. The van der Waals surface area contributed by atoms with Crippen molar-refractivity contribution >= 4 is 12.1 Å². The Morgan fingerprint density at radius 3 is 2.71 bits per heavy atom. The Morgan fingerprint density at radius 2 is 2.21 bits per heavy atom. The van der Waals surface area contributed by atoms with Crippen LogP contribution in [0, 0.1) is 0 Å². The summed E-state index contributed by atoms with van der Waals surface area (Å²) in [5, 5.41) is 9.01. The van der Waals surface area contributed by atoms with Crippen LogP contribution >= 0.6 is 0 Å². The first-order valence-electron chi connectivity index (χ1n) is 4.70. The van der Waals surface area contributed by atoms with Gasteiger partial charge in [-0.3, -0.25) is 4.90 Å². The topological polar surface area (TPSA) is 66.8 Å². The van der Waals surface area contributed by atoms with Crippen LogP contribution in [0.1, 0.15) is 26.7 Å². The second-order valence-electron chi connectivity index (χ2n) is 3.53. The molecular weight excluding hydrogens is 186 g/mol. The monoisotopic (exact) mass is 201 g/mol. The summed E-state index contributed by atoms with van der Waals surface area (Å²) in [6, 6.07) is 0. The van der Waals surface area contributed by atoms with Gasteiger partial charge in [-0.2, -0.15) is 0 Å². The highest BCUT2D eigenvalue weighted by atomic mass is 16.6. The molecule has 0 bridgehead atoms. The quantitative estimate of drug-likeness (QED) is 0.726. The third-order valence-corrected chi connectivity index (χ3v) is 2.59. The highest BCUT2D eigenvalue weighted by Crippen LogP contribution is 2.29. The Morgan fingerprint density at radius 1 is 1.57 bits per heavy atom. The van der Waals surface area contributed by atoms with Crippen molar-refractivity contribution in [2.75, 3.05) is 13.2 Å². The Labute approximate surface area is 82.6 Å². The van der Waals surface area contributed by atoms with Crippen molar-refractivity contribution in [1.82, 2.24) is 4.90 Å². The maximum absolute atomic E-state index is 11.4. The van der Waals surface area contributed by atoms with Crippen LogP contribution in [0.15, 0.2) is 0 Å². The average molecular weight is 201 g/mol. The molecule has 1 N–H and O–H groups in total. The van der Waals surface area contributed by atoms with Gasteiger partial charge in [0.1, 0.15) is 5.54 Å². The van der Waals surface area contributed by atoms with E-state index in [4.69, 9.17) is 9.84 Å². The highest BCUT2D eigenvalue weighted by Gasteiger charge is 2.46. The largest absolute Gasteiger partial charge is 0.480 e. The minimum atomic E-state index is -1.09. The molecule has 1 heterocycles. The molecule has 1 aliphatic heterocycles. The van der Waals surface area contributed by atoms with E-state index in [0.29, 0.717) is 19.4 Å². The van der Waals surface area contributed by atoms with Gasteiger partial charge in [-0.1, -0.05) is 0 Å². The first-order valence-corrected chi connectivity index (χ1v) is 4.70. The number of carbonyl (C=O) groups excluding carboxylic acids is 1. The molecule has 0 aromatic heterocycles. The number of ether oxygens (including phenoxy) is 1. The van der Waals surface area contributed by atoms with Crippen molar-refractivity contribution in [2.45, 2.75) is 32.2 Å². The van der Waals surface area contributed by atoms with Gasteiger partial charge >= 0.3 is 12.1 Å². The third kappa shape index (κ3) is 1.66. The molecule has 0 spiro atoms. The first-order chi connectivity index (χ1) is 6.52. The van der Waals surface area contributed by atoms with E-state index in [0.717, 1.165) is 0 Å². The molecule has 5 nitrogen and oxygen atoms in total. The number of carboxylic acid groups (broad SMARTS) is 1. The highest BCUT2D eigenvalue weighted by molar-refractivity contribution is 5.84. The molecule has 14 heavy (non-hydrogen) atoms. The minimum Gasteiger partial charge on any atom is -0.480 e. The average Bonchev–Trinajstić information content (AvgIpc) is 2.49. The zero-order valence-electron chi connectivity index (χ0n) is 8.45. The van der Waals surface area contributed by atoms with Gasteiger partial charge in [0.25, 0.3) is 0 Å². The number of amides is 1. The lowest BCUT2D eigenvalue weighted by atomic mass is 10.00. The van der Waals surface area contributed by atoms with E-state index in [1.807, 2.05) is 0 Å². The van der Waals surface area contributed by atoms with Crippen LogP contribution in [0.25, 0.3) is 0 Å². The SMILES string of the molecule is CCOC(=O)N1CCCC1(C)C(=O)O. The molecule has 0 aliphatic carbocycles. The second-order valence-corrected chi connectivity index (χ2v) is 3.53. The number of rotatable bonds is 2. The normalized spacial score (nSPS) is 26.3.